The fourth-order valence-corrected chi connectivity index (χ4v) is 5.73. The monoisotopic (exact) mass is 595 g/mol. The van der Waals surface area contributed by atoms with E-state index in [4.69, 9.17) is 28.5 Å². The van der Waals surface area contributed by atoms with Crippen LogP contribution >= 0.6 is 11.6 Å². The predicted molar refractivity (Wildman–Crippen MR) is 165 cm³/mol. The number of hydrogen-bond acceptors (Lipinski definition) is 7. The van der Waals surface area contributed by atoms with Crippen LogP contribution in [0.5, 0.6) is 0 Å². The van der Waals surface area contributed by atoms with Gasteiger partial charge < -0.3 is 42.4 Å². The van der Waals surface area contributed by atoms with Gasteiger partial charge in [0.25, 0.3) is 0 Å². The second kappa shape index (κ2) is 13.2. The maximum Gasteiger partial charge on any atom is 0.231 e. The molecule has 12 heteroatoms. The summed E-state index contributed by atoms with van der Waals surface area (Å²) < 4.78 is 15.1. The average molecular weight is 596 g/mol. The van der Waals surface area contributed by atoms with Crippen molar-refractivity contribution >= 4 is 29.4 Å². The summed E-state index contributed by atoms with van der Waals surface area (Å²) in [7, 11) is 0. The van der Waals surface area contributed by atoms with E-state index in [1.165, 1.54) is 0 Å². The molecule has 1 fully saturated rings. The smallest absolute Gasteiger partial charge is 0.231 e. The fourth-order valence-electron chi connectivity index (χ4n) is 5.49. The van der Waals surface area contributed by atoms with Crippen molar-refractivity contribution in [1.29, 1.82) is 5.41 Å². The largest absolute Gasteiger partial charge is 0.370 e. The Morgan fingerprint density at radius 3 is 2.79 bits per heavy atom. The van der Waals surface area contributed by atoms with Gasteiger partial charge >= 0.3 is 0 Å². The highest BCUT2D eigenvalue weighted by atomic mass is 35.5. The summed E-state index contributed by atoms with van der Waals surface area (Å²) in [5, 5.41) is 29.0. The van der Waals surface area contributed by atoms with Crippen LogP contribution in [-0.4, -0.2) is 54.1 Å². The van der Waals surface area contributed by atoms with E-state index in [2.05, 4.69) is 25.9 Å². The molecular formula is C30H39ClFN9O. The third kappa shape index (κ3) is 7.11. The minimum atomic E-state index is -1.14. The number of rotatable bonds is 10. The summed E-state index contributed by atoms with van der Waals surface area (Å²) in [4.78, 5) is 9.27. The van der Waals surface area contributed by atoms with E-state index < -0.39 is 12.2 Å². The van der Waals surface area contributed by atoms with E-state index in [9.17, 15) is 5.11 Å². The van der Waals surface area contributed by atoms with Crippen LogP contribution in [0.1, 0.15) is 43.4 Å². The first-order chi connectivity index (χ1) is 20.2. The molecule has 1 saturated heterocycles. The lowest BCUT2D eigenvalue weighted by molar-refractivity contribution is 0.186. The number of aliphatic hydroxyl groups is 1. The minimum absolute atomic E-state index is 0.0214. The highest BCUT2D eigenvalue weighted by molar-refractivity contribution is 6.31. The Bertz CT molecular complexity index is 1520. The normalized spacial score (nSPS) is 20.8. The van der Waals surface area contributed by atoms with Crippen LogP contribution in [0.3, 0.4) is 0 Å². The molecule has 1 unspecified atom stereocenters. The number of guanidine groups is 1. The Morgan fingerprint density at radius 1 is 1.26 bits per heavy atom. The standard InChI is InChI=1S/C30H39ClFN9O/c1-17(33)3-2-4-18-11-23(27(32)24(31)12-18)25-13-20-16-41(30(42)40-28(20)39-25)22-7-5-19(6-8-22)26-15-36-14-21(38-26)9-10-37-29(34)35/h5-8,11-13,16-17,21,26,30,36,38,42H,2-4,9-10,14-15,33H2,1H3,(H,39,40)(H4,34,35,37)/t17-,21+,26-,30?/m0/s1. The number of anilines is 1. The maximum absolute atomic E-state index is 15.1. The van der Waals surface area contributed by atoms with Gasteiger partial charge in [0.1, 0.15) is 5.49 Å². The molecule has 42 heavy (non-hydrogen) atoms. The summed E-state index contributed by atoms with van der Waals surface area (Å²) >= 11 is 6.26. The van der Waals surface area contributed by atoms with E-state index in [1.807, 2.05) is 49.5 Å². The van der Waals surface area contributed by atoms with Gasteiger partial charge in [0.15, 0.2) is 11.8 Å². The van der Waals surface area contributed by atoms with Gasteiger partial charge in [0, 0.05) is 60.4 Å². The van der Waals surface area contributed by atoms with Crippen LogP contribution in [0.4, 0.5) is 10.1 Å². The molecule has 0 amide bonds. The number of H-pyrrole nitrogens is 1. The zero-order valence-electron chi connectivity index (χ0n) is 23.6. The number of nitrogens with zero attached hydrogens (tertiary/aromatic N) is 2. The van der Waals surface area contributed by atoms with Gasteiger partial charge in [0.2, 0.25) is 6.35 Å². The number of piperazine rings is 1. The quantitative estimate of drug-likeness (QED) is 0.131. The molecule has 1 aromatic heterocycles. The summed E-state index contributed by atoms with van der Waals surface area (Å²) in [6.45, 7) is 4.25. The van der Waals surface area contributed by atoms with Crippen LogP contribution in [0.25, 0.3) is 17.5 Å². The number of aromatic amines is 1. The molecular weight excluding hydrogens is 557 g/mol. The van der Waals surface area contributed by atoms with Crippen molar-refractivity contribution in [2.24, 2.45) is 16.5 Å². The summed E-state index contributed by atoms with van der Waals surface area (Å²) in [5.41, 5.74) is 15.5. The highest BCUT2D eigenvalue weighted by Crippen LogP contribution is 2.29. The number of nitrogens with one attached hydrogen (secondary N) is 5. The van der Waals surface area contributed by atoms with Gasteiger partial charge in [-0.25, -0.2) is 9.38 Å². The maximum atomic E-state index is 15.1. The predicted octanol–water partition coefficient (Wildman–Crippen LogP) is 1.77. The third-order valence-corrected chi connectivity index (χ3v) is 7.95. The van der Waals surface area contributed by atoms with Crippen LogP contribution in [0.2, 0.25) is 5.02 Å². The molecule has 0 spiro atoms. The fraction of sp³-hybridized carbons (Fsp3) is 0.400. The van der Waals surface area contributed by atoms with Gasteiger partial charge in [-0.3, -0.25) is 5.41 Å². The number of aliphatic hydroxyl groups excluding tert-OH is 1. The summed E-state index contributed by atoms with van der Waals surface area (Å²) in [6, 6.07) is 13.8. The Labute approximate surface area is 249 Å². The number of halogens is 2. The lowest BCUT2D eigenvalue weighted by atomic mass is 10.0. The number of fused-ring (bicyclic) bond motifs is 1. The van der Waals surface area contributed by atoms with Gasteiger partial charge in [-0.15, -0.1) is 0 Å². The van der Waals surface area contributed by atoms with Crippen LogP contribution in [-0.2, 0) is 6.42 Å². The van der Waals surface area contributed by atoms with Crippen molar-refractivity contribution in [3.63, 3.8) is 0 Å². The SMILES string of the molecule is C[C@H](N)CCCc1cc(Cl)c(F)c(-c2cc3c([nH]2)=NC(O)N(c2ccc([C@@H]4CNC[C@@H](CCNC(=N)N)N4)cc2)C=3)c1. The van der Waals surface area contributed by atoms with E-state index in [1.54, 1.807) is 11.0 Å². The molecule has 0 bridgehead atoms. The Kier molecular flexibility index (Phi) is 9.44. The highest BCUT2D eigenvalue weighted by Gasteiger charge is 2.23. The number of nitrogens with two attached hydrogens (primary N) is 2. The van der Waals surface area contributed by atoms with Crippen LogP contribution in [0, 0.1) is 11.2 Å². The Balaban J connectivity index is 1.32. The van der Waals surface area contributed by atoms with Crippen molar-refractivity contribution in [3.05, 3.63) is 75.1 Å². The van der Waals surface area contributed by atoms with Gasteiger partial charge in [0.05, 0.1) is 10.7 Å². The molecule has 224 valence electrons. The first-order valence-electron chi connectivity index (χ1n) is 14.3. The molecule has 3 aromatic rings. The molecule has 10 nitrogen and oxygen atoms in total. The summed E-state index contributed by atoms with van der Waals surface area (Å²) in [5.74, 6) is -0.519. The minimum Gasteiger partial charge on any atom is -0.370 e. The van der Waals surface area contributed by atoms with Crippen LogP contribution in [0.15, 0.2) is 47.5 Å². The lowest BCUT2D eigenvalue weighted by Gasteiger charge is -2.32. The molecule has 3 heterocycles. The second-order valence-corrected chi connectivity index (χ2v) is 11.5. The molecule has 0 aliphatic carbocycles. The van der Waals surface area contributed by atoms with Gasteiger partial charge in [-0.05, 0) is 74.1 Å². The van der Waals surface area contributed by atoms with Crippen molar-refractivity contribution < 1.29 is 9.50 Å². The molecule has 4 atom stereocenters. The number of benzene rings is 2. The Hall–Kier alpha value is -3.48. The van der Waals surface area contributed by atoms with E-state index >= 15 is 4.39 Å². The number of hydrogen-bond donors (Lipinski definition) is 8. The van der Waals surface area contributed by atoms with Crippen molar-refractivity contribution in [2.75, 3.05) is 24.5 Å². The van der Waals surface area contributed by atoms with E-state index in [0.29, 0.717) is 23.3 Å². The van der Waals surface area contributed by atoms with Crippen LogP contribution < -0.4 is 43.0 Å². The van der Waals surface area contributed by atoms with Gasteiger partial charge in [-0.1, -0.05) is 23.7 Å². The molecule has 0 saturated carbocycles. The lowest BCUT2D eigenvalue weighted by Crippen LogP contribution is -2.51. The first-order valence-corrected chi connectivity index (χ1v) is 14.7. The van der Waals surface area contributed by atoms with Crippen molar-refractivity contribution in [1.82, 2.24) is 20.9 Å². The number of aromatic nitrogens is 1. The molecule has 10 N–H and O–H groups in total. The number of aryl methyl sites for hydroxylation is 1. The first kappa shape index (κ1) is 30.0. The molecule has 5 rings (SSSR count). The van der Waals surface area contributed by atoms with Crippen molar-refractivity contribution in [3.8, 4) is 11.3 Å². The topological polar surface area (TPSA) is 164 Å². The Morgan fingerprint density at radius 2 is 2.05 bits per heavy atom. The molecule has 0 radical (unpaired) electrons. The molecule has 2 aromatic carbocycles. The van der Waals surface area contributed by atoms with E-state index in [0.717, 1.165) is 60.8 Å². The van der Waals surface area contributed by atoms with E-state index in [-0.39, 0.29) is 29.1 Å². The molecule has 2 aliphatic heterocycles. The van der Waals surface area contributed by atoms with Gasteiger partial charge in [-0.2, -0.15) is 0 Å². The third-order valence-electron chi connectivity index (χ3n) is 7.68. The average Bonchev–Trinajstić information content (AvgIpc) is 3.37. The van der Waals surface area contributed by atoms with Crippen molar-refractivity contribution in [2.45, 2.75) is 57.1 Å². The zero-order valence-corrected chi connectivity index (χ0v) is 24.4. The second-order valence-electron chi connectivity index (χ2n) is 11.1. The zero-order chi connectivity index (χ0) is 29.8. The summed E-state index contributed by atoms with van der Waals surface area (Å²) in [6.07, 6.45) is 4.02. The molecule has 2 aliphatic rings.